The summed E-state index contributed by atoms with van der Waals surface area (Å²) in [6, 6.07) is 12.3. The van der Waals surface area contributed by atoms with Gasteiger partial charge in [0.1, 0.15) is 10.7 Å². The summed E-state index contributed by atoms with van der Waals surface area (Å²) < 4.78 is 0. The predicted octanol–water partition coefficient (Wildman–Crippen LogP) is 4.58. The van der Waals surface area contributed by atoms with Crippen LogP contribution in [0.4, 0.5) is 0 Å². The predicted molar refractivity (Wildman–Crippen MR) is 97.2 cm³/mol. The van der Waals surface area contributed by atoms with Crippen molar-refractivity contribution in [1.29, 1.82) is 0 Å². The van der Waals surface area contributed by atoms with Crippen LogP contribution in [-0.4, -0.2) is 28.9 Å². The summed E-state index contributed by atoms with van der Waals surface area (Å²) >= 11 is 3.17. The van der Waals surface area contributed by atoms with Crippen LogP contribution in [-0.2, 0) is 6.42 Å². The van der Waals surface area contributed by atoms with Gasteiger partial charge in [0.05, 0.1) is 0 Å². The molecule has 0 N–H and O–H groups in total. The maximum absolute atomic E-state index is 12.7. The maximum atomic E-state index is 12.7. The first-order valence-corrected chi connectivity index (χ1v) is 9.41. The van der Waals surface area contributed by atoms with E-state index in [9.17, 15) is 4.79 Å². The number of likely N-dealkylation sites (N-methyl/N-ethyl adjacent to an activating group) is 1. The Morgan fingerprint density at radius 1 is 1.17 bits per heavy atom. The molecule has 0 aliphatic rings. The van der Waals surface area contributed by atoms with Crippen molar-refractivity contribution in [3.8, 4) is 10.6 Å². The summed E-state index contributed by atoms with van der Waals surface area (Å²) in [6.45, 7) is 3.41. The minimum atomic E-state index is 0.0150. The van der Waals surface area contributed by atoms with Gasteiger partial charge in [0.2, 0.25) is 0 Å². The smallest absolute Gasteiger partial charge is 0.273 e. The molecule has 3 rings (SSSR count). The van der Waals surface area contributed by atoms with Crippen LogP contribution in [0.25, 0.3) is 10.6 Å². The van der Waals surface area contributed by atoms with Crippen LogP contribution in [0.3, 0.4) is 0 Å². The standard InChI is InChI=1S/C18H18N2OS2/c1-2-20(10-8-14-6-4-3-5-7-14)18(21)16-13-23-17(19-16)15-9-11-22-12-15/h3-7,9,11-13H,2,8,10H2,1H3. The summed E-state index contributed by atoms with van der Waals surface area (Å²) in [5, 5.41) is 6.85. The number of amides is 1. The first-order valence-electron chi connectivity index (χ1n) is 7.59. The first kappa shape index (κ1) is 15.9. The van der Waals surface area contributed by atoms with Gasteiger partial charge in [0.15, 0.2) is 0 Å². The van der Waals surface area contributed by atoms with E-state index in [4.69, 9.17) is 0 Å². The molecule has 1 amide bonds. The zero-order chi connectivity index (χ0) is 16.1. The molecule has 5 heteroatoms. The number of hydrogen-bond acceptors (Lipinski definition) is 4. The molecule has 0 saturated carbocycles. The zero-order valence-electron chi connectivity index (χ0n) is 12.9. The van der Waals surface area contributed by atoms with Gasteiger partial charge in [-0.25, -0.2) is 4.98 Å². The van der Waals surface area contributed by atoms with Crippen molar-refractivity contribution in [3.63, 3.8) is 0 Å². The van der Waals surface area contributed by atoms with E-state index < -0.39 is 0 Å². The molecular weight excluding hydrogens is 324 g/mol. The van der Waals surface area contributed by atoms with Gasteiger partial charge in [-0.2, -0.15) is 11.3 Å². The van der Waals surface area contributed by atoms with Crippen LogP contribution >= 0.6 is 22.7 Å². The van der Waals surface area contributed by atoms with E-state index in [0.717, 1.165) is 17.0 Å². The third-order valence-electron chi connectivity index (χ3n) is 3.67. The summed E-state index contributed by atoms with van der Waals surface area (Å²) in [6.07, 6.45) is 0.863. The highest BCUT2D eigenvalue weighted by Gasteiger charge is 2.18. The molecule has 2 aromatic heterocycles. The Bertz CT molecular complexity index is 750. The molecule has 0 spiro atoms. The van der Waals surface area contributed by atoms with Crippen molar-refractivity contribution in [2.75, 3.05) is 13.1 Å². The van der Waals surface area contributed by atoms with Crippen LogP contribution in [0.1, 0.15) is 23.0 Å². The second-order valence-corrected chi connectivity index (χ2v) is 6.81. The summed E-state index contributed by atoms with van der Waals surface area (Å²) in [5.41, 5.74) is 2.88. The summed E-state index contributed by atoms with van der Waals surface area (Å²) in [4.78, 5) is 19.0. The molecule has 1 aromatic carbocycles. The number of nitrogens with zero attached hydrogens (tertiary/aromatic N) is 2. The number of rotatable bonds is 6. The third-order valence-corrected chi connectivity index (χ3v) is 5.25. The summed E-state index contributed by atoms with van der Waals surface area (Å²) in [5.74, 6) is 0.0150. The lowest BCUT2D eigenvalue weighted by atomic mass is 10.1. The lowest BCUT2D eigenvalue weighted by Gasteiger charge is -2.19. The highest BCUT2D eigenvalue weighted by atomic mass is 32.1. The minimum absolute atomic E-state index is 0.0150. The van der Waals surface area contributed by atoms with Crippen molar-refractivity contribution in [2.45, 2.75) is 13.3 Å². The first-order chi connectivity index (χ1) is 11.3. The highest BCUT2D eigenvalue weighted by molar-refractivity contribution is 7.14. The number of carbonyl (C=O) groups is 1. The molecule has 3 aromatic rings. The van der Waals surface area contributed by atoms with Gasteiger partial charge in [0.25, 0.3) is 5.91 Å². The van der Waals surface area contributed by atoms with Gasteiger partial charge in [-0.1, -0.05) is 30.3 Å². The number of thiophene rings is 1. The molecule has 0 bridgehead atoms. The van der Waals surface area contributed by atoms with Crippen LogP contribution < -0.4 is 0 Å². The highest BCUT2D eigenvalue weighted by Crippen LogP contribution is 2.26. The van der Waals surface area contributed by atoms with Crippen LogP contribution in [0, 0.1) is 0 Å². The van der Waals surface area contributed by atoms with Crippen molar-refractivity contribution in [1.82, 2.24) is 9.88 Å². The van der Waals surface area contributed by atoms with Gasteiger partial charge in [-0.3, -0.25) is 4.79 Å². The Balaban J connectivity index is 1.67. The van der Waals surface area contributed by atoms with E-state index in [1.165, 1.54) is 16.9 Å². The van der Waals surface area contributed by atoms with Gasteiger partial charge >= 0.3 is 0 Å². The Labute approximate surface area is 144 Å². The van der Waals surface area contributed by atoms with Crippen molar-refractivity contribution < 1.29 is 4.79 Å². The molecule has 0 atom stereocenters. The molecule has 0 radical (unpaired) electrons. The Morgan fingerprint density at radius 2 is 2.00 bits per heavy atom. The van der Waals surface area contributed by atoms with E-state index in [0.29, 0.717) is 18.8 Å². The van der Waals surface area contributed by atoms with E-state index in [2.05, 4.69) is 22.5 Å². The number of aromatic nitrogens is 1. The van der Waals surface area contributed by atoms with Crippen molar-refractivity contribution in [2.24, 2.45) is 0 Å². The van der Waals surface area contributed by atoms with Crippen LogP contribution in [0.5, 0.6) is 0 Å². The number of thiazole rings is 1. The van der Waals surface area contributed by atoms with E-state index in [-0.39, 0.29) is 5.91 Å². The minimum Gasteiger partial charge on any atom is -0.337 e. The van der Waals surface area contributed by atoms with Crippen molar-refractivity contribution >= 4 is 28.6 Å². The molecule has 23 heavy (non-hydrogen) atoms. The van der Waals surface area contributed by atoms with Gasteiger partial charge in [-0.15, -0.1) is 11.3 Å². The average molecular weight is 342 g/mol. The Hall–Kier alpha value is -1.98. The Kier molecular flexibility index (Phi) is 5.20. The fraction of sp³-hybridized carbons (Fsp3) is 0.222. The quantitative estimate of drug-likeness (QED) is 0.657. The molecule has 118 valence electrons. The fourth-order valence-electron chi connectivity index (χ4n) is 2.36. The van der Waals surface area contributed by atoms with Gasteiger partial charge in [-0.05, 0) is 30.4 Å². The molecule has 0 saturated heterocycles. The SMILES string of the molecule is CCN(CCc1ccccc1)C(=O)c1csc(-c2ccsc2)n1. The van der Waals surface area contributed by atoms with E-state index in [1.54, 1.807) is 11.3 Å². The largest absolute Gasteiger partial charge is 0.337 e. The second kappa shape index (κ2) is 7.53. The number of carbonyl (C=O) groups excluding carboxylic acids is 1. The topological polar surface area (TPSA) is 33.2 Å². The molecule has 0 aliphatic heterocycles. The van der Waals surface area contributed by atoms with Crippen LogP contribution in [0.2, 0.25) is 0 Å². The maximum Gasteiger partial charge on any atom is 0.273 e. The molecule has 0 unspecified atom stereocenters. The normalized spacial score (nSPS) is 10.7. The number of hydrogen-bond donors (Lipinski definition) is 0. The fourth-order valence-corrected chi connectivity index (χ4v) is 3.87. The van der Waals surface area contributed by atoms with Gasteiger partial charge < -0.3 is 4.90 Å². The Morgan fingerprint density at radius 3 is 2.70 bits per heavy atom. The molecule has 3 nitrogen and oxygen atoms in total. The van der Waals surface area contributed by atoms with E-state index in [1.807, 2.05) is 46.8 Å². The molecular formula is C18H18N2OS2. The van der Waals surface area contributed by atoms with Crippen LogP contribution in [0.15, 0.2) is 52.5 Å². The van der Waals surface area contributed by atoms with E-state index >= 15 is 0 Å². The van der Waals surface area contributed by atoms with Gasteiger partial charge in [0, 0.05) is 29.4 Å². The van der Waals surface area contributed by atoms with Crippen molar-refractivity contribution in [3.05, 3.63) is 63.8 Å². The average Bonchev–Trinajstić information content (AvgIpc) is 3.27. The second-order valence-electron chi connectivity index (χ2n) is 5.17. The molecule has 2 heterocycles. The lowest BCUT2D eigenvalue weighted by Crippen LogP contribution is -2.33. The monoisotopic (exact) mass is 342 g/mol. The number of benzene rings is 1. The zero-order valence-corrected chi connectivity index (χ0v) is 14.6. The molecule has 0 aliphatic carbocycles. The summed E-state index contributed by atoms with van der Waals surface area (Å²) in [7, 11) is 0. The lowest BCUT2D eigenvalue weighted by molar-refractivity contribution is 0.0761. The third kappa shape index (κ3) is 3.86. The molecule has 0 fully saturated rings.